The second-order valence-corrected chi connectivity index (χ2v) is 4.13. The van der Waals surface area contributed by atoms with E-state index in [-0.39, 0.29) is 18.9 Å². The number of ether oxygens (including phenoxy) is 2. The number of aliphatic carboxylic acids is 1. The summed E-state index contributed by atoms with van der Waals surface area (Å²) in [6, 6.07) is 9.33. The van der Waals surface area contributed by atoms with Gasteiger partial charge in [0.15, 0.2) is 6.10 Å². The quantitative estimate of drug-likeness (QED) is 0.661. The minimum absolute atomic E-state index is 0.0375. The average molecular weight is 281 g/mol. The zero-order valence-electron chi connectivity index (χ0n) is 11.4. The number of carboxylic acid groups (broad SMARTS) is 1. The van der Waals surface area contributed by atoms with Gasteiger partial charge in [-0.3, -0.25) is 4.79 Å². The highest BCUT2D eigenvalue weighted by atomic mass is 16.5. The molecule has 1 aromatic carbocycles. The summed E-state index contributed by atoms with van der Waals surface area (Å²) in [6.45, 7) is 0.397. The summed E-state index contributed by atoms with van der Waals surface area (Å²) in [6.07, 6.45) is -0.173. The maximum Gasteiger partial charge on any atom is 0.334 e. The molecule has 0 aliphatic carbocycles. The van der Waals surface area contributed by atoms with Crippen LogP contribution in [0.15, 0.2) is 30.3 Å². The molecule has 0 aromatic heterocycles. The number of carbonyl (C=O) groups excluding carboxylic acids is 1. The second-order valence-electron chi connectivity index (χ2n) is 4.13. The predicted octanol–water partition coefficient (Wildman–Crippen LogP) is 1.06. The Hall–Kier alpha value is -2.08. The van der Waals surface area contributed by atoms with Crippen molar-refractivity contribution >= 4 is 11.9 Å². The molecule has 0 saturated carbocycles. The van der Waals surface area contributed by atoms with Crippen LogP contribution in [0.25, 0.3) is 0 Å². The van der Waals surface area contributed by atoms with Gasteiger partial charge >= 0.3 is 5.97 Å². The first-order valence-electron chi connectivity index (χ1n) is 6.33. The van der Waals surface area contributed by atoms with Crippen LogP contribution in [0.2, 0.25) is 0 Å². The molecule has 0 heterocycles. The molecule has 20 heavy (non-hydrogen) atoms. The molecular weight excluding hydrogens is 262 g/mol. The number of methoxy groups -OCH3 is 1. The van der Waals surface area contributed by atoms with Crippen LogP contribution in [-0.4, -0.2) is 43.3 Å². The molecule has 0 aliphatic heterocycles. The van der Waals surface area contributed by atoms with E-state index >= 15 is 0 Å². The number of para-hydroxylation sites is 1. The number of amides is 1. The lowest BCUT2D eigenvalue weighted by molar-refractivity contribution is -0.148. The van der Waals surface area contributed by atoms with Crippen molar-refractivity contribution in [3.05, 3.63) is 30.3 Å². The Morgan fingerprint density at radius 2 is 2.00 bits per heavy atom. The topological polar surface area (TPSA) is 84.9 Å². The third-order valence-electron chi connectivity index (χ3n) is 2.60. The minimum Gasteiger partial charge on any atom is -0.494 e. The fourth-order valence-electron chi connectivity index (χ4n) is 1.51. The molecular formula is C14H19NO5. The molecule has 0 saturated heterocycles. The van der Waals surface area contributed by atoms with Gasteiger partial charge in [-0.05, 0) is 18.6 Å². The van der Waals surface area contributed by atoms with E-state index < -0.39 is 12.1 Å². The van der Waals surface area contributed by atoms with Crippen LogP contribution in [0.5, 0.6) is 5.75 Å². The van der Waals surface area contributed by atoms with Crippen molar-refractivity contribution < 1.29 is 24.2 Å². The maximum atomic E-state index is 11.5. The van der Waals surface area contributed by atoms with E-state index in [2.05, 4.69) is 5.32 Å². The van der Waals surface area contributed by atoms with Crippen LogP contribution in [0.3, 0.4) is 0 Å². The molecule has 2 N–H and O–H groups in total. The van der Waals surface area contributed by atoms with E-state index in [0.717, 1.165) is 5.75 Å². The Bertz CT molecular complexity index is 421. The average Bonchev–Trinajstić information content (AvgIpc) is 2.45. The molecule has 1 aromatic rings. The first-order valence-corrected chi connectivity index (χ1v) is 6.33. The van der Waals surface area contributed by atoms with Crippen LogP contribution in [0.4, 0.5) is 0 Å². The monoisotopic (exact) mass is 281 g/mol. The Morgan fingerprint density at radius 3 is 2.60 bits per heavy atom. The molecule has 0 spiro atoms. The van der Waals surface area contributed by atoms with Gasteiger partial charge in [-0.25, -0.2) is 4.79 Å². The van der Waals surface area contributed by atoms with Crippen molar-refractivity contribution in [1.29, 1.82) is 0 Å². The van der Waals surface area contributed by atoms with Crippen molar-refractivity contribution in [2.75, 3.05) is 20.3 Å². The van der Waals surface area contributed by atoms with Crippen LogP contribution < -0.4 is 10.1 Å². The van der Waals surface area contributed by atoms with Gasteiger partial charge in [0.1, 0.15) is 5.75 Å². The number of benzene rings is 1. The van der Waals surface area contributed by atoms with Crippen LogP contribution >= 0.6 is 0 Å². The van der Waals surface area contributed by atoms with Gasteiger partial charge in [-0.1, -0.05) is 18.2 Å². The SMILES string of the molecule is COC(CNC(=O)CCCOc1ccccc1)C(=O)O. The fourth-order valence-corrected chi connectivity index (χ4v) is 1.51. The first kappa shape index (κ1) is 16.0. The molecule has 6 nitrogen and oxygen atoms in total. The van der Waals surface area contributed by atoms with Crippen molar-refractivity contribution in [2.45, 2.75) is 18.9 Å². The van der Waals surface area contributed by atoms with Gasteiger partial charge < -0.3 is 19.9 Å². The highest BCUT2D eigenvalue weighted by Crippen LogP contribution is 2.08. The molecule has 0 radical (unpaired) electrons. The summed E-state index contributed by atoms with van der Waals surface area (Å²) in [5, 5.41) is 11.2. The zero-order valence-corrected chi connectivity index (χ0v) is 11.4. The number of hydrogen-bond donors (Lipinski definition) is 2. The summed E-state index contributed by atoms with van der Waals surface area (Å²) in [7, 11) is 1.29. The fraction of sp³-hybridized carbons (Fsp3) is 0.429. The number of nitrogens with one attached hydrogen (secondary N) is 1. The smallest absolute Gasteiger partial charge is 0.334 e. The van der Waals surface area contributed by atoms with E-state index in [1.165, 1.54) is 7.11 Å². The normalized spacial score (nSPS) is 11.7. The molecule has 1 atom stereocenters. The van der Waals surface area contributed by atoms with E-state index in [1.807, 2.05) is 30.3 Å². The van der Waals surface area contributed by atoms with E-state index in [4.69, 9.17) is 14.6 Å². The summed E-state index contributed by atoms with van der Waals surface area (Å²) in [5.41, 5.74) is 0. The Labute approximate surface area is 117 Å². The summed E-state index contributed by atoms with van der Waals surface area (Å²) >= 11 is 0. The second kappa shape index (κ2) is 8.92. The molecule has 1 unspecified atom stereocenters. The Kier molecular flexibility index (Phi) is 7.13. The molecule has 6 heteroatoms. The number of rotatable bonds is 9. The lowest BCUT2D eigenvalue weighted by Gasteiger charge is -2.11. The first-order chi connectivity index (χ1) is 9.63. The van der Waals surface area contributed by atoms with E-state index in [1.54, 1.807) is 0 Å². The number of carbonyl (C=O) groups is 2. The number of hydrogen-bond acceptors (Lipinski definition) is 4. The van der Waals surface area contributed by atoms with Crippen LogP contribution in [0.1, 0.15) is 12.8 Å². The summed E-state index contributed by atoms with van der Waals surface area (Å²) in [4.78, 5) is 22.1. The molecule has 1 rings (SSSR count). The molecule has 0 bridgehead atoms. The highest BCUT2D eigenvalue weighted by Gasteiger charge is 2.16. The molecule has 110 valence electrons. The number of carboxylic acids is 1. The third kappa shape index (κ3) is 6.19. The van der Waals surface area contributed by atoms with Gasteiger partial charge in [0, 0.05) is 13.5 Å². The van der Waals surface area contributed by atoms with Gasteiger partial charge in [0.2, 0.25) is 5.91 Å². The van der Waals surface area contributed by atoms with Crippen molar-refractivity contribution in [2.24, 2.45) is 0 Å². The van der Waals surface area contributed by atoms with Gasteiger partial charge in [-0.2, -0.15) is 0 Å². The van der Waals surface area contributed by atoms with Gasteiger partial charge in [0.25, 0.3) is 0 Å². The predicted molar refractivity (Wildman–Crippen MR) is 72.6 cm³/mol. The molecule has 1 amide bonds. The highest BCUT2D eigenvalue weighted by molar-refractivity contribution is 5.78. The molecule has 0 aliphatic rings. The summed E-state index contributed by atoms with van der Waals surface area (Å²) in [5.74, 6) is -0.552. The third-order valence-corrected chi connectivity index (χ3v) is 2.60. The van der Waals surface area contributed by atoms with Crippen molar-refractivity contribution in [3.8, 4) is 5.75 Å². The Morgan fingerprint density at radius 1 is 1.30 bits per heavy atom. The van der Waals surface area contributed by atoms with Crippen molar-refractivity contribution in [1.82, 2.24) is 5.32 Å². The van der Waals surface area contributed by atoms with Crippen molar-refractivity contribution in [3.63, 3.8) is 0 Å². The van der Waals surface area contributed by atoms with Gasteiger partial charge in [0.05, 0.1) is 13.2 Å². The van der Waals surface area contributed by atoms with Gasteiger partial charge in [-0.15, -0.1) is 0 Å². The lowest BCUT2D eigenvalue weighted by atomic mass is 10.3. The largest absolute Gasteiger partial charge is 0.494 e. The van der Waals surface area contributed by atoms with E-state index in [9.17, 15) is 9.59 Å². The molecule has 0 fully saturated rings. The Balaban J connectivity index is 2.13. The summed E-state index contributed by atoms with van der Waals surface area (Å²) < 4.78 is 10.1. The van der Waals surface area contributed by atoms with Crippen LogP contribution in [-0.2, 0) is 14.3 Å². The lowest BCUT2D eigenvalue weighted by Crippen LogP contribution is -2.37. The minimum atomic E-state index is -1.10. The van der Waals surface area contributed by atoms with E-state index in [0.29, 0.717) is 13.0 Å². The standard InChI is InChI=1S/C14H19NO5/c1-19-12(14(17)18)10-15-13(16)8-5-9-20-11-6-3-2-4-7-11/h2-4,6-7,12H,5,8-10H2,1H3,(H,15,16)(H,17,18). The maximum absolute atomic E-state index is 11.5. The van der Waals surface area contributed by atoms with Crippen LogP contribution in [0, 0.1) is 0 Å². The zero-order chi connectivity index (χ0) is 14.8.